The monoisotopic (exact) mass is 402 g/mol. The predicted octanol–water partition coefficient (Wildman–Crippen LogP) is 5.22. The minimum Gasteiger partial charge on any atom is -0.326 e. The van der Waals surface area contributed by atoms with Gasteiger partial charge in [-0.1, -0.05) is 103 Å². The van der Waals surface area contributed by atoms with Crippen molar-refractivity contribution in [2.75, 3.05) is 4.90 Å². The maximum atomic E-state index is 4.94. The van der Waals surface area contributed by atoms with Crippen molar-refractivity contribution in [2.24, 2.45) is 0 Å². The standard InChI is InChI=1S/C27H22N4/c1-2-10-19(11-3-1)26-28-18-29-27(30-26)31-24-16-8-6-14-22(24)20-12-4-5-13-21(20)23-15-7-9-17-25(23)31/h1-18,22-25H. The molecule has 0 N–H and O–H groups in total. The van der Waals surface area contributed by atoms with Crippen molar-refractivity contribution in [3.8, 4) is 11.4 Å². The molecule has 0 saturated heterocycles. The van der Waals surface area contributed by atoms with Crippen molar-refractivity contribution >= 4 is 5.95 Å². The molecule has 4 nitrogen and oxygen atoms in total. The summed E-state index contributed by atoms with van der Waals surface area (Å²) >= 11 is 0. The number of hydrogen-bond donors (Lipinski definition) is 0. The molecule has 0 spiro atoms. The van der Waals surface area contributed by atoms with Crippen molar-refractivity contribution in [1.82, 2.24) is 15.0 Å². The van der Waals surface area contributed by atoms with Gasteiger partial charge in [0.05, 0.1) is 12.1 Å². The maximum Gasteiger partial charge on any atom is 0.229 e. The Morgan fingerprint density at radius 3 is 1.84 bits per heavy atom. The zero-order valence-electron chi connectivity index (χ0n) is 17.0. The van der Waals surface area contributed by atoms with E-state index in [1.165, 1.54) is 11.1 Å². The van der Waals surface area contributed by atoms with Gasteiger partial charge in [0.2, 0.25) is 5.95 Å². The van der Waals surface area contributed by atoms with Crippen LogP contribution in [0.15, 0.2) is 110 Å². The quantitative estimate of drug-likeness (QED) is 0.590. The van der Waals surface area contributed by atoms with Gasteiger partial charge in [-0.3, -0.25) is 0 Å². The molecule has 2 heterocycles. The third-order valence-electron chi connectivity index (χ3n) is 6.39. The lowest BCUT2D eigenvalue weighted by molar-refractivity contribution is 0.559. The summed E-state index contributed by atoms with van der Waals surface area (Å²) in [5.74, 6) is 1.90. The van der Waals surface area contributed by atoms with Crippen LogP contribution in [0.4, 0.5) is 5.95 Å². The highest BCUT2D eigenvalue weighted by Gasteiger charge is 2.41. The summed E-state index contributed by atoms with van der Waals surface area (Å²) in [6.45, 7) is 0. The lowest BCUT2D eigenvalue weighted by Gasteiger charge is -2.39. The van der Waals surface area contributed by atoms with Gasteiger partial charge in [0.15, 0.2) is 5.82 Å². The van der Waals surface area contributed by atoms with E-state index < -0.39 is 0 Å². The molecule has 3 aliphatic rings. The fourth-order valence-electron chi connectivity index (χ4n) is 5.02. The minimum atomic E-state index is 0.128. The Morgan fingerprint density at radius 1 is 0.613 bits per heavy atom. The molecule has 1 aliphatic heterocycles. The number of hydrogen-bond acceptors (Lipinski definition) is 4. The molecular weight excluding hydrogens is 380 g/mol. The van der Waals surface area contributed by atoms with Gasteiger partial charge in [-0.25, -0.2) is 9.97 Å². The molecule has 2 aromatic carbocycles. The Hall–Kier alpha value is -3.79. The van der Waals surface area contributed by atoms with E-state index in [1.54, 1.807) is 6.33 Å². The first-order chi connectivity index (χ1) is 15.4. The average molecular weight is 403 g/mol. The molecule has 0 fully saturated rings. The van der Waals surface area contributed by atoms with Crippen LogP contribution in [0.2, 0.25) is 0 Å². The third-order valence-corrected chi connectivity index (χ3v) is 6.39. The van der Waals surface area contributed by atoms with Crippen LogP contribution in [-0.4, -0.2) is 27.0 Å². The Labute approximate surface area is 182 Å². The summed E-state index contributed by atoms with van der Waals surface area (Å²) in [5.41, 5.74) is 3.75. The van der Waals surface area contributed by atoms with Crippen molar-refractivity contribution in [3.05, 3.63) is 121 Å². The molecule has 2 aliphatic carbocycles. The summed E-state index contributed by atoms with van der Waals surface area (Å²) in [6.07, 6.45) is 19.4. The van der Waals surface area contributed by atoms with E-state index in [-0.39, 0.29) is 23.9 Å². The van der Waals surface area contributed by atoms with Crippen LogP contribution in [-0.2, 0) is 0 Å². The zero-order valence-corrected chi connectivity index (χ0v) is 17.0. The summed E-state index contributed by atoms with van der Waals surface area (Å²) in [7, 11) is 0. The lowest BCUT2D eigenvalue weighted by atomic mass is 9.82. The van der Waals surface area contributed by atoms with Gasteiger partial charge < -0.3 is 4.90 Å². The van der Waals surface area contributed by atoms with Crippen LogP contribution < -0.4 is 4.90 Å². The van der Waals surface area contributed by atoms with Gasteiger partial charge in [-0.2, -0.15) is 4.98 Å². The molecule has 4 unspecified atom stereocenters. The predicted molar refractivity (Wildman–Crippen MR) is 124 cm³/mol. The van der Waals surface area contributed by atoms with Gasteiger partial charge in [-0.15, -0.1) is 0 Å². The Kier molecular flexibility index (Phi) is 4.34. The smallest absolute Gasteiger partial charge is 0.229 e. The Balaban J connectivity index is 1.53. The number of rotatable bonds is 2. The van der Waals surface area contributed by atoms with Crippen LogP contribution in [0.25, 0.3) is 11.4 Å². The molecule has 6 rings (SSSR count). The number of aromatic nitrogens is 3. The molecule has 1 aromatic heterocycles. The first-order valence-corrected chi connectivity index (χ1v) is 10.7. The fourth-order valence-corrected chi connectivity index (χ4v) is 5.02. The average Bonchev–Trinajstić information content (AvgIpc) is 2.98. The molecule has 31 heavy (non-hydrogen) atoms. The number of nitrogens with zero attached hydrogens (tertiary/aromatic N) is 4. The second-order valence-electron chi connectivity index (χ2n) is 8.08. The topological polar surface area (TPSA) is 41.9 Å². The Morgan fingerprint density at radius 2 is 1.19 bits per heavy atom. The van der Waals surface area contributed by atoms with E-state index >= 15 is 0 Å². The first kappa shape index (κ1) is 18.0. The van der Waals surface area contributed by atoms with E-state index in [9.17, 15) is 0 Å². The van der Waals surface area contributed by atoms with Crippen molar-refractivity contribution in [3.63, 3.8) is 0 Å². The molecule has 3 aromatic rings. The third kappa shape index (κ3) is 3.03. The molecule has 0 saturated carbocycles. The van der Waals surface area contributed by atoms with Crippen molar-refractivity contribution in [2.45, 2.75) is 23.9 Å². The van der Waals surface area contributed by atoms with Gasteiger partial charge >= 0.3 is 0 Å². The molecule has 150 valence electrons. The normalized spacial score (nSPS) is 25.5. The minimum absolute atomic E-state index is 0.128. The van der Waals surface area contributed by atoms with Crippen LogP contribution >= 0.6 is 0 Å². The largest absolute Gasteiger partial charge is 0.326 e. The highest BCUT2D eigenvalue weighted by Crippen LogP contribution is 2.44. The number of anilines is 1. The lowest BCUT2D eigenvalue weighted by Crippen LogP contribution is -2.46. The molecule has 4 heteroatoms. The van der Waals surface area contributed by atoms with E-state index in [2.05, 4.69) is 87.7 Å². The summed E-state index contributed by atoms with van der Waals surface area (Å²) < 4.78 is 0. The maximum absolute atomic E-state index is 4.94. The van der Waals surface area contributed by atoms with E-state index in [0.29, 0.717) is 11.8 Å². The van der Waals surface area contributed by atoms with Gasteiger partial charge in [0.1, 0.15) is 6.33 Å². The van der Waals surface area contributed by atoms with Gasteiger partial charge in [-0.05, 0) is 11.1 Å². The van der Waals surface area contributed by atoms with E-state index in [1.807, 2.05) is 30.3 Å². The molecule has 0 amide bonds. The van der Waals surface area contributed by atoms with Crippen molar-refractivity contribution in [1.29, 1.82) is 0 Å². The molecule has 0 radical (unpaired) electrons. The second kappa shape index (κ2) is 7.47. The highest BCUT2D eigenvalue weighted by molar-refractivity contribution is 5.59. The number of fused-ring (bicyclic) bond motifs is 5. The molecule has 0 bridgehead atoms. The summed E-state index contributed by atoms with van der Waals surface area (Å²) in [5, 5.41) is 0. The van der Waals surface area contributed by atoms with Crippen LogP contribution in [0.3, 0.4) is 0 Å². The summed E-state index contributed by atoms with van der Waals surface area (Å²) in [6, 6.07) is 19.2. The number of benzene rings is 2. The van der Waals surface area contributed by atoms with Crippen LogP contribution in [0, 0.1) is 0 Å². The SMILES string of the molecule is C1=CC2c3ccccc3C3C=CC=CC3N(c3ncnc(-c4ccccc4)n3)C2C=C1. The van der Waals surface area contributed by atoms with Gasteiger partial charge in [0, 0.05) is 17.4 Å². The molecule has 4 atom stereocenters. The van der Waals surface area contributed by atoms with E-state index in [4.69, 9.17) is 4.98 Å². The molecular formula is C27H22N4. The van der Waals surface area contributed by atoms with E-state index in [0.717, 1.165) is 5.56 Å². The second-order valence-corrected chi connectivity index (χ2v) is 8.08. The first-order valence-electron chi connectivity index (χ1n) is 10.7. The van der Waals surface area contributed by atoms with Gasteiger partial charge in [0.25, 0.3) is 0 Å². The van der Waals surface area contributed by atoms with Crippen LogP contribution in [0.5, 0.6) is 0 Å². The zero-order chi connectivity index (χ0) is 20.6. The Bertz CT molecular complexity index is 1170. The van der Waals surface area contributed by atoms with Crippen LogP contribution in [0.1, 0.15) is 23.0 Å². The summed E-state index contributed by atoms with van der Waals surface area (Å²) in [4.78, 5) is 16.4. The number of allylic oxidation sites excluding steroid dienone is 4. The highest BCUT2D eigenvalue weighted by atomic mass is 15.3. The van der Waals surface area contributed by atoms with Crippen molar-refractivity contribution < 1.29 is 0 Å². The fraction of sp³-hybridized carbons (Fsp3) is 0.148.